The maximum atomic E-state index is 5.97. The van der Waals surface area contributed by atoms with Crippen LogP contribution in [-0.2, 0) is 0 Å². The Balaban J connectivity index is 2.22. The van der Waals surface area contributed by atoms with Crippen molar-refractivity contribution >= 4 is 39.1 Å². The van der Waals surface area contributed by atoms with E-state index in [1.807, 2.05) is 25.2 Å². The summed E-state index contributed by atoms with van der Waals surface area (Å²) in [5.41, 5.74) is 1.17. The number of nitrogens with one attached hydrogen (secondary N) is 1. The molecule has 0 saturated carbocycles. The van der Waals surface area contributed by atoms with Crippen molar-refractivity contribution in [2.45, 2.75) is 13.0 Å². The van der Waals surface area contributed by atoms with Crippen molar-refractivity contribution in [2.75, 3.05) is 7.05 Å². The Morgan fingerprint density at radius 2 is 1.70 bits per heavy atom. The fourth-order valence-electron chi connectivity index (χ4n) is 1.75. The van der Waals surface area contributed by atoms with Crippen LogP contribution in [0.25, 0.3) is 0 Å². The quantitative estimate of drug-likeness (QED) is 0.726. The van der Waals surface area contributed by atoms with Crippen LogP contribution in [0.3, 0.4) is 0 Å². The van der Waals surface area contributed by atoms with Gasteiger partial charge in [-0.2, -0.15) is 0 Å². The van der Waals surface area contributed by atoms with Crippen LogP contribution in [0.2, 0.25) is 10.0 Å². The first kappa shape index (κ1) is 15.6. The molecule has 1 N–H and O–H groups in total. The zero-order valence-electron chi connectivity index (χ0n) is 11.1. The third-order valence-electron chi connectivity index (χ3n) is 3.00. The number of ether oxygens (including phenoxy) is 1. The Morgan fingerprint density at radius 3 is 2.30 bits per heavy atom. The van der Waals surface area contributed by atoms with Crippen LogP contribution in [0.15, 0.2) is 40.9 Å². The van der Waals surface area contributed by atoms with Gasteiger partial charge in [0.05, 0.1) is 10.0 Å². The Morgan fingerprint density at radius 1 is 1.05 bits per heavy atom. The molecule has 2 nitrogen and oxygen atoms in total. The number of hydrogen-bond acceptors (Lipinski definition) is 2. The van der Waals surface area contributed by atoms with Crippen LogP contribution >= 0.6 is 39.1 Å². The Labute approximate surface area is 137 Å². The van der Waals surface area contributed by atoms with E-state index in [0.29, 0.717) is 15.8 Å². The standard InChI is InChI=1S/C15H14BrCl2NO/c1-9(19-2)12-5-3-10(7-13(12)16)20-11-4-6-14(17)15(18)8-11/h3-9,19H,1-2H3. The van der Waals surface area contributed by atoms with Gasteiger partial charge in [0.25, 0.3) is 0 Å². The molecule has 1 unspecified atom stereocenters. The lowest BCUT2D eigenvalue weighted by Crippen LogP contribution is -2.12. The summed E-state index contributed by atoms with van der Waals surface area (Å²) in [4.78, 5) is 0. The molecule has 0 aliphatic carbocycles. The van der Waals surface area contributed by atoms with Gasteiger partial charge in [-0.1, -0.05) is 45.2 Å². The maximum absolute atomic E-state index is 5.97. The highest BCUT2D eigenvalue weighted by atomic mass is 79.9. The lowest BCUT2D eigenvalue weighted by atomic mass is 10.1. The predicted molar refractivity (Wildman–Crippen MR) is 88.2 cm³/mol. The normalized spacial score (nSPS) is 12.2. The van der Waals surface area contributed by atoms with Gasteiger partial charge >= 0.3 is 0 Å². The second kappa shape index (κ2) is 6.81. The zero-order chi connectivity index (χ0) is 14.7. The number of halogens is 3. The van der Waals surface area contributed by atoms with Crippen molar-refractivity contribution < 1.29 is 4.74 Å². The van der Waals surface area contributed by atoms with Gasteiger partial charge in [0, 0.05) is 16.6 Å². The molecule has 0 bridgehead atoms. The van der Waals surface area contributed by atoms with Crippen molar-refractivity contribution in [1.29, 1.82) is 0 Å². The van der Waals surface area contributed by atoms with Crippen molar-refractivity contribution in [3.8, 4) is 11.5 Å². The molecule has 2 aromatic rings. The molecule has 1 atom stereocenters. The van der Waals surface area contributed by atoms with Crippen molar-refractivity contribution in [3.05, 3.63) is 56.5 Å². The molecule has 2 aromatic carbocycles. The van der Waals surface area contributed by atoms with E-state index in [1.54, 1.807) is 18.2 Å². The molecule has 5 heteroatoms. The first-order chi connectivity index (χ1) is 9.51. The van der Waals surface area contributed by atoms with Gasteiger partial charge in [-0.25, -0.2) is 0 Å². The molecule has 0 saturated heterocycles. The summed E-state index contributed by atoms with van der Waals surface area (Å²) in [6.07, 6.45) is 0. The molecule has 0 spiro atoms. The molecule has 0 aliphatic rings. The first-order valence-electron chi connectivity index (χ1n) is 6.11. The van der Waals surface area contributed by atoms with E-state index in [1.165, 1.54) is 5.56 Å². The highest BCUT2D eigenvalue weighted by molar-refractivity contribution is 9.10. The largest absolute Gasteiger partial charge is 0.457 e. The zero-order valence-corrected chi connectivity index (χ0v) is 14.2. The molecule has 0 aromatic heterocycles. The van der Waals surface area contributed by atoms with Crippen LogP contribution in [0, 0.1) is 0 Å². The van der Waals surface area contributed by atoms with Crippen molar-refractivity contribution in [2.24, 2.45) is 0 Å². The molecule has 0 fully saturated rings. The fraction of sp³-hybridized carbons (Fsp3) is 0.200. The van der Waals surface area contributed by atoms with Gasteiger partial charge in [0.15, 0.2) is 0 Å². The Bertz CT molecular complexity index is 619. The SMILES string of the molecule is CNC(C)c1ccc(Oc2ccc(Cl)c(Cl)c2)cc1Br. The minimum Gasteiger partial charge on any atom is -0.457 e. The number of rotatable bonds is 4. The predicted octanol–water partition coefficient (Wildman–Crippen LogP) is 5.83. The van der Waals surface area contributed by atoms with Crippen LogP contribution in [0.4, 0.5) is 0 Å². The van der Waals surface area contributed by atoms with E-state index in [9.17, 15) is 0 Å². The second-order valence-electron chi connectivity index (χ2n) is 4.37. The number of hydrogen-bond donors (Lipinski definition) is 1. The molecule has 2 rings (SSSR count). The topological polar surface area (TPSA) is 21.3 Å². The molecular formula is C15H14BrCl2NO. The molecule has 0 heterocycles. The number of benzene rings is 2. The first-order valence-corrected chi connectivity index (χ1v) is 7.65. The van der Waals surface area contributed by atoms with E-state index in [-0.39, 0.29) is 6.04 Å². The third-order valence-corrected chi connectivity index (χ3v) is 4.42. The van der Waals surface area contributed by atoms with E-state index >= 15 is 0 Å². The summed E-state index contributed by atoms with van der Waals surface area (Å²) in [5.74, 6) is 1.39. The molecule has 0 aliphatic heterocycles. The average Bonchev–Trinajstić information content (AvgIpc) is 2.42. The van der Waals surface area contributed by atoms with Crippen LogP contribution in [0.1, 0.15) is 18.5 Å². The molecule has 0 amide bonds. The summed E-state index contributed by atoms with van der Waals surface area (Å²) >= 11 is 15.4. The minimum absolute atomic E-state index is 0.267. The van der Waals surface area contributed by atoms with Crippen molar-refractivity contribution in [1.82, 2.24) is 5.32 Å². The smallest absolute Gasteiger partial charge is 0.129 e. The van der Waals surface area contributed by atoms with Gasteiger partial charge in [-0.3, -0.25) is 0 Å². The summed E-state index contributed by atoms with van der Waals surface area (Å²) in [7, 11) is 1.93. The van der Waals surface area contributed by atoms with Gasteiger partial charge in [0.2, 0.25) is 0 Å². The van der Waals surface area contributed by atoms with Gasteiger partial charge in [0.1, 0.15) is 11.5 Å². The summed E-state index contributed by atoms with van der Waals surface area (Å²) in [6, 6.07) is 11.4. The van der Waals surface area contributed by atoms with E-state index in [0.717, 1.165) is 10.2 Å². The van der Waals surface area contributed by atoms with Gasteiger partial charge in [-0.15, -0.1) is 0 Å². The van der Waals surface area contributed by atoms with Crippen LogP contribution < -0.4 is 10.1 Å². The lowest BCUT2D eigenvalue weighted by Gasteiger charge is -2.14. The van der Waals surface area contributed by atoms with E-state index in [4.69, 9.17) is 27.9 Å². The van der Waals surface area contributed by atoms with Crippen LogP contribution in [0.5, 0.6) is 11.5 Å². The second-order valence-corrected chi connectivity index (χ2v) is 6.04. The van der Waals surface area contributed by atoms with Gasteiger partial charge < -0.3 is 10.1 Å². The highest BCUT2D eigenvalue weighted by Crippen LogP contribution is 2.32. The summed E-state index contributed by atoms with van der Waals surface area (Å²) < 4.78 is 6.77. The fourth-order valence-corrected chi connectivity index (χ4v) is 2.74. The molecule has 20 heavy (non-hydrogen) atoms. The molecular weight excluding hydrogens is 361 g/mol. The van der Waals surface area contributed by atoms with Crippen LogP contribution in [-0.4, -0.2) is 7.05 Å². The molecule has 0 radical (unpaired) electrons. The lowest BCUT2D eigenvalue weighted by molar-refractivity contribution is 0.481. The monoisotopic (exact) mass is 373 g/mol. The highest BCUT2D eigenvalue weighted by Gasteiger charge is 2.09. The third kappa shape index (κ3) is 3.67. The average molecular weight is 375 g/mol. The van der Waals surface area contributed by atoms with Gasteiger partial charge in [-0.05, 0) is 43.8 Å². The van der Waals surface area contributed by atoms with E-state index < -0.39 is 0 Å². The summed E-state index contributed by atoms with van der Waals surface area (Å²) in [5, 5.41) is 4.19. The Hall–Kier alpha value is -0.740. The minimum atomic E-state index is 0.267. The Kier molecular flexibility index (Phi) is 5.33. The molecule has 106 valence electrons. The van der Waals surface area contributed by atoms with E-state index in [2.05, 4.69) is 28.2 Å². The summed E-state index contributed by atoms with van der Waals surface area (Å²) in [6.45, 7) is 2.10. The maximum Gasteiger partial charge on any atom is 0.129 e. The van der Waals surface area contributed by atoms with Crippen molar-refractivity contribution in [3.63, 3.8) is 0 Å².